The van der Waals surface area contributed by atoms with Crippen LogP contribution in [0.5, 0.6) is 0 Å². The fourth-order valence-electron chi connectivity index (χ4n) is 3.84. The van der Waals surface area contributed by atoms with Gasteiger partial charge in [-0.15, -0.1) is 0 Å². The molecule has 0 aliphatic carbocycles. The van der Waals surface area contributed by atoms with Gasteiger partial charge >= 0.3 is 0 Å². The van der Waals surface area contributed by atoms with Gasteiger partial charge in [0.25, 0.3) is 0 Å². The van der Waals surface area contributed by atoms with Crippen molar-refractivity contribution in [3.63, 3.8) is 0 Å². The number of amides is 2. The maximum Gasteiger partial charge on any atom is 0.241 e. The van der Waals surface area contributed by atoms with Crippen LogP contribution in [0.2, 0.25) is 0 Å². The van der Waals surface area contributed by atoms with Crippen molar-refractivity contribution >= 4 is 17.5 Å². The minimum absolute atomic E-state index is 0.0204. The van der Waals surface area contributed by atoms with Gasteiger partial charge in [-0.1, -0.05) is 18.2 Å². The Morgan fingerprint density at radius 2 is 1.64 bits per heavy atom. The SMILES string of the molecule is CC(C(=O)Nc1ccccc1)N1CCC(C(=O)N2CCCCC2)CC1. The predicted octanol–water partition coefficient (Wildman–Crippen LogP) is 2.74. The number of carbonyl (C=O) groups excluding carboxylic acids is 2. The number of hydrogen-bond acceptors (Lipinski definition) is 3. The average molecular weight is 343 g/mol. The zero-order valence-electron chi connectivity index (χ0n) is 15.1. The highest BCUT2D eigenvalue weighted by molar-refractivity contribution is 5.94. The predicted molar refractivity (Wildman–Crippen MR) is 99.3 cm³/mol. The second-order valence-electron chi connectivity index (χ2n) is 7.23. The first-order valence-electron chi connectivity index (χ1n) is 9.54. The average Bonchev–Trinajstić information content (AvgIpc) is 2.68. The summed E-state index contributed by atoms with van der Waals surface area (Å²) in [5.74, 6) is 0.492. The van der Waals surface area contributed by atoms with Crippen molar-refractivity contribution < 1.29 is 9.59 Å². The smallest absolute Gasteiger partial charge is 0.241 e. The van der Waals surface area contributed by atoms with E-state index in [2.05, 4.69) is 15.1 Å². The zero-order chi connectivity index (χ0) is 17.6. The van der Waals surface area contributed by atoms with E-state index in [0.29, 0.717) is 5.91 Å². The summed E-state index contributed by atoms with van der Waals surface area (Å²) in [7, 11) is 0. The first kappa shape index (κ1) is 17.9. The quantitative estimate of drug-likeness (QED) is 0.914. The molecule has 1 unspecified atom stereocenters. The molecular formula is C20H29N3O2. The number of carbonyl (C=O) groups is 2. The van der Waals surface area contributed by atoms with E-state index in [-0.39, 0.29) is 17.9 Å². The lowest BCUT2D eigenvalue weighted by Crippen LogP contribution is -2.49. The number of likely N-dealkylation sites (tertiary alicyclic amines) is 2. The Morgan fingerprint density at radius 3 is 2.28 bits per heavy atom. The minimum Gasteiger partial charge on any atom is -0.342 e. The monoisotopic (exact) mass is 343 g/mol. The lowest BCUT2D eigenvalue weighted by Gasteiger charge is -2.37. The third-order valence-electron chi connectivity index (χ3n) is 5.52. The van der Waals surface area contributed by atoms with Crippen LogP contribution < -0.4 is 5.32 Å². The molecule has 2 aliphatic heterocycles. The van der Waals surface area contributed by atoms with Crippen LogP contribution in [0.3, 0.4) is 0 Å². The third-order valence-corrected chi connectivity index (χ3v) is 5.52. The fraction of sp³-hybridized carbons (Fsp3) is 0.600. The molecule has 0 spiro atoms. The van der Waals surface area contributed by atoms with Gasteiger partial charge in [0, 0.05) is 24.7 Å². The standard InChI is InChI=1S/C20H29N3O2/c1-16(19(24)21-18-8-4-2-5-9-18)22-14-10-17(11-15-22)20(25)23-12-6-3-7-13-23/h2,4-5,8-9,16-17H,3,6-7,10-15H2,1H3,(H,21,24). The molecule has 0 bridgehead atoms. The van der Waals surface area contributed by atoms with E-state index in [4.69, 9.17) is 0 Å². The molecule has 0 aromatic heterocycles. The number of piperidine rings is 2. The van der Waals surface area contributed by atoms with Crippen LogP contribution in [0.15, 0.2) is 30.3 Å². The molecule has 5 nitrogen and oxygen atoms in total. The molecule has 1 aromatic carbocycles. The van der Waals surface area contributed by atoms with Gasteiger partial charge in [0.15, 0.2) is 0 Å². The number of nitrogens with zero attached hydrogens (tertiary/aromatic N) is 2. The summed E-state index contributed by atoms with van der Waals surface area (Å²) in [4.78, 5) is 29.3. The molecule has 2 heterocycles. The Hall–Kier alpha value is -1.88. The molecule has 0 radical (unpaired) electrons. The van der Waals surface area contributed by atoms with Crippen LogP contribution in [0.4, 0.5) is 5.69 Å². The van der Waals surface area contributed by atoms with Crippen LogP contribution in [0, 0.1) is 5.92 Å². The zero-order valence-corrected chi connectivity index (χ0v) is 15.1. The van der Waals surface area contributed by atoms with E-state index in [9.17, 15) is 9.59 Å². The first-order valence-corrected chi connectivity index (χ1v) is 9.54. The molecule has 1 aromatic rings. The Morgan fingerprint density at radius 1 is 1.00 bits per heavy atom. The van der Waals surface area contributed by atoms with E-state index in [0.717, 1.165) is 57.5 Å². The van der Waals surface area contributed by atoms with Crippen molar-refractivity contribution in [1.82, 2.24) is 9.80 Å². The van der Waals surface area contributed by atoms with Crippen LogP contribution in [0.25, 0.3) is 0 Å². The van der Waals surface area contributed by atoms with Gasteiger partial charge in [-0.25, -0.2) is 0 Å². The van der Waals surface area contributed by atoms with Crippen LogP contribution in [-0.2, 0) is 9.59 Å². The van der Waals surface area contributed by atoms with Gasteiger partial charge in [0.05, 0.1) is 6.04 Å². The molecule has 2 aliphatic rings. The Bertz CT molecular complexity index is 576. The maximum atomic E-state index is 12.6. The summed E-state index contributed by atoms with van der Waals surface area (Å²) in [5, 5.41) is 2.97. The molecule has 1 atom stereocenters. The number of nitrogens with one attached hydrogen (secondary N) is 1. The molecule has 3 rings (SSSR count). The molecule has 136 valence electrons. The Kier molecular flexibility index (Phi) is 6.08. The van der Waals surface area contributed by atoms with Gasteiger partial charge in [-0.3, -0.25) is 14.5 Å². The van der Waals surface area contributed by atoms with E-state index in [1.165, 1.54) is 6.42 Å². The molecule has 2 amide bonds. The summed E-state index contributed by atoms with van der Waals surface area (Å²) in [6.45, 7) is 5.43. The van der Waals surface area contributed by atoms with Crippen molar-refractivity contribution in [3.8, 4) is 0 Å². The first-order chi connectivity index (χ1) is 12.1. The molecule has 5 heteroatoms. The Labute approximate surface area is 150 Å². The summed E-state index contributed by atoms with van der Waals surface area (Å²) in [5.41, 5.74) is 0.828. The van der Waals surface area contributed by atoms with Crippen molar-refractivity contribution in [2.75, 3.05) is 31.5 Å². The van der Waals surface area contributed by atoms with Crippen molar-refractivity contribution in [2.24, 2.45) is 5.92 Å². The summed E-state index contributed by atoms with van der Waals surface area (Å²) >= 11 is 0. The highest BCUT2D eigenvalue weighted by Gasteiger charge is 2.32. The number of rotatable bonds is 4. The minimum atomic E-state index is -0.175. The number of anilines is 1. The topological polar surface area (TPSA) is 52.7 Å². The molecule has 2 saturated heterocycles. The molecular weight excluding hydrogens is 314 g/mol. The van der Waals surface area contributed by atoms with Crippen LogP contribution in [-0.4, -0.2) is 53.8 Å². The lowest BCUT2D eigenvalue weighted by atomic mass is 9.93. The van der Waals surface area contributed by atoms with Gasteiger partial charge in [0.1, 0.15) is 0 Å². The Balaban J connectivity index is 1.47. The normalized spacial score (nSPS) is 20.9. The molecule has 0 saturated carbocycles. The van der Waals surface area contributed by atoms with E-state index < -0.39 is 0 Å². The van der Waals surface area contributed by atoms with Crippen molar-refractivity contribution in [2.45, 2.75) is 45.1 Å². The van der Waals surface area contributed by atoms with Crippen molar-refractivity contribution in [3.05, 3.63) is 30.3 Å². The molecule has 1 N–H and O–H groups in total. The lowest BCUT2D eigenvalue weighted by molar-refractivity contribution is -0.138. The number of para-hydroxylation sites is 1. The summed E-state index contributed by atoms with van der Waals surface area (Å²) in [6, 6.07) is 9.38. The van der Waals surface area contributed by atoms with E-state index >= 15 is 0 Å². The van der Waals surface area contributed by atoms with Gasteiger partial charge < -0.3 is 10.2 Å². The van der Waals surface area contributed by atoms with Crippen LogP contribution >= 0.6 is 0 Å². The maximum absolute atomic E-state index is 12.6. The fourth-order valence-corrected chi connectivity index (χ4v) is 3.84. The second kappa shape index (κ2) is 8.48. The highest BCUT2D eigenvalue weighted by Crippen LogP contribution is 2.23. The van der Waals surface area contributed by atoms with Gasteiger partial charge in [0.2, 0.25) is 11.8 Å². The van der Waals surface area contributed by atoms with Gasteiger partial charge in [-0.2, -0.15) is 0 Å². The van der Waals surface area contributed by atoms with Crippen molar-refractivity contribution in [1.29, 1.82) is 0 Å². The summed E-state index contributed by atoms with van der Waals surface area (Å²) < 4.78 is 0. The van der Waals surface area contributed by atoms with Crippen LogP contribution in [0.1, 0.15) is 39.0 Å². The molecule has 25 heavy (non-hydrogen) atoms. The third kappa shape index (κ3) is 4.60. The van der Waals surface area contributed by atoms with Gasteiger partial charge in [-0.05, 0) is 64.3 Å². The molecule has 2 fully saturated rings. The largest absolute Gasteiger partial charge is 0.342 e. The second-order valence-corrected chi connectivity index (χ2v) is 7.23. The number of hydrogen-bond donors (Lipinski definition) is 1. The highest BCUT2D eigenvalue weighted by atomic mass is 16.2. The summed E-state index contributed by atoms with van der Waals surface area (Å²) in [6.07, 6.45) is 5.25. The number of benzene rings is 1. The van der Waals surface area contributed by atoms with E-state index in [1.54, 1.807) is 0 Å². The van der Waals surface area contributed by atoms with E-state index in [1.807, 2.05) is 37.3 Å².